The van der Waals surface area contributed by atoms with Gasteiger partial charge in [-0.25, -0.2) is 4.79 Å². The van der Waals surface area contributed by atoms with Gasteiger partial charge in [-0.05, 0) is 41.5 Å². The van der Waals surface area contributed by atoms with Crippen LogP contribution in [0.2, 0.25) is 0 Å². The number of nitro groups is 1. The molecule has 3 aromatic carbocycles. The van der Waals surface area contributed by atoms with Crippen molar-refractivity contribution in [3.05, 3.63) is 106 Å². The lowest BCUT2D eigenvalue weighted by molar-refractivity contribution is -0.384. The minimum atomic E-state index is -0.563. The Morgan fingerprint density at radius 1 is 0.933 bits per heavy atom. The van der Waals surface area contributed by atoms with E-state index in [9.17, 15) is 19.7 Å². The van der Waals surface area contributed by atoms with Gasteiger partial charge in [-0.15, -0.1) is 0 Å². The van der Waals surface area contributed by atoms with Crippen LogP contribution in [0.15, 0.2) is 78.9 Å². The molecule has 1 N–H and O–H groups in total. The van der Waals surface area contributed by atoms with Gasteiger partial charge in [0.1, 0.15) is 0 Å². The number of nitro benzene ring substituents is 1. The first-order valence-corrected chi connectivity index (χ1v) is 9.00. The number of non-ortho nitro benzene ring substituents is 1. The van der Waals surface area contributed by atoms with Crippen molar-refractivity contribution in [2.24, 2.45) is 0 Å². The molecule has 0 aliphatic carbocycles. The minimum absolute atomic E-state index is 0.0372. The number of hydrogen-bond donors (Lipinski definition) is 1. The summed E-state index contributed by atoms with van der Waals surface area (Å²) in [6.45, 7) is 0. The summed E-state index contributed by atoms with van der Waals surface area (Å²) in [7, 11) is 1.27. The molecule has 0 saturated heterocycles. The Labute approximate surface area is 172 Å². The third-order valence-corrected chi connectivity index (χ3v) is 4.32. The fourth-order valence-electron chi connectivity index (χ4n) is 2.83. The molecule has 0 bridgehead atoms. The van der Waals surface area contributed by atoms with Crippen LogP contribution >= 0.6 is 0 Å². The fourth-order valence-corrected chi connectivity index (χ4v) is 2.83. The molecule has 0 heterocycles. The lowest BCUT2D eigenvalue weighted by Crippen LogP contribution is -2.16. The Kier molecular flexibility index (Phi) is 6.34. The Bertz CT molecular complexity index is 1110. The normalized spacial score (nSPS) is 10.9. The van der Waals surface area contributed by atoms with Crippen LogP contribution in [-0.2, 0) is 9.53 Å². The number of esters is 1. The second-order valence-electron chi connectivity index (χ2n) is 6.26. The van der Waals surface area contributed by atoms with Crippen molar-refractivity contribution >= 4 is 34.9 Å². The monoisotopic (exact) mass is 402 g/mol. The summed E-state index contributed by atoms with van der Waals surface area (Å²) in [5, 5.41) is 13.6. The molecular weight excluding hydrogens is 384 g/mol. The third kappa shape index (κ3) is 4.77. The fraction of sp³-hybridized carbons (Fsp3) is 0.0435. The first-order chi connectivity index (χ1) is 14.5. The van der Waals surface area contributed by atoms with E-state index in [1.54, 1.807) is 66.7 Å². The average Bonchev–Trinajstić information content (AvgIpc) is 2.78. The van der Waals surface area contributed by atoms with Gasteiger partial charge in [0.15, 0.2) is 0 Å². The van der Waals surface area contributed by atoms with Crippen molar-refractivity contribution < 1.29 is 19.2 Å². The van der Waals surface area contributed by atoms with Crippen molar-refractivity contribution in [3.8, 4) is 0 Å². The van der Waals surface area contributed by atoms with E-state index >= 15 is 0 Å². The molecule has 0 aliphatic heterocycles. The highest BCUT2D eigenvalue weighted by Crippen LogP contribution is 2.23. The quantitative estimate of drug-likeness (QED) is 0.214. The summed E-state index contributed by atoms with van der Waals surface area (Å²) in [5.74, 6) is -0.998. The van der Waals surface area contributed by atoms with Gasteiger partial charge in [-0.1, -0.05) is 42.5 Å². The van der Waals surface area contributed by atoms with Crippen molar-refractivity contribution in [1.29, 1.82) is 0 Å². The van der Waals surface area contributed by atoms with Gasteiger partial charge in [-0.2, -0.15) is 0 Å². The molecule has 0 spiro atoms. The lowest BCUT2D eigenvalue weighted by atomic mass is 10.0. The summed E-state index contributed by atoms with van der Waals surface area (Å²) in [5.41, 5.74) is 2.13. The van der Waals surface area contributed by atoms with Crippen LogP contribution in [0.5, 0.6) is 0 Å². The van der Waals surface area contributed by atoms with Crippen LogP contribution in [-0.4, -0.2) is 23.9 Å². The van der Waals surface area contributed by atoms with E-state index in [4.69, 9.17) is 4.74 Å². The lowest BCUT2D eigenvalue weighted by Gasteiger charge is -2.12. The molecule has 0 radical (unpaired) electrons. The molecule has 3 aromatic rings. The van der Waals surface area contributed by atoms with Gasteiger partial charge >= 0.3 is 5.97 Å². The zero-order chi connectivity index (χ0) is 21.5. The van der Waals surface area contributed by atoms with Crippen LogP contribution in [0.4, 0.5) is 11.4 Å². The predicted octanol–water partition coefficient (Wildman–Crippen LogP) is 4.56. The van der Waals surface area contributed by atoms with Crippen molar-refractivity contribution in [2.45, 2.75) is 0 Å². The Balaban J connectivity index is 1.99. The molecule has 0 atom stereocenters. The number of rotatable bonds is 6. The van der Waals surface area contributed by atoms with E-state index in [1.807, 2.05) is 6.07 Å². The molecule has 7 heteroatoms. The largest absolute Gasteiger partial charge is 0.465 e. The number of nitrogens with zero attached hydrogens (tertiary/aromatic N) is 1. The second-order valence-corrected chi connectivity index (χ2v) is 6.26. The molecule has 0 aromatic heterocycles. The molecule has 0 aliphatic rings. The number of carbonyl (C=O) groups excluding carboxylic acids is 2. The number of methoxy groups -OCH3 is 1. The Morgan fingerprint density at radius 2 is 1.57 bits per heavy atom. The summed E-state index contributed by atoms with van der Waals surface area (Å²) >= 11 is 0. The summed E-state index contributed by atoms with van der Waals surface area (Å²) in [4.78, 5) is 35.5. The maximum atomic E-state index is 13.1. The number of para-hydroxylation sites is 1. The molecule has 3 rings (SSSR count). The second kappa shape index (κ2) is 9.29. The highest BCUT2D eigenvalue weighted by atomic mass is 16.6. The summed E-state index contributed by atoms with van der Waals surface area (Å²) < 4.78 is 4.77. The van der Waals surface area contributed by atoms with Crippen LogP contribution in [0.3, 0.4) is 0 Å². The SMILES string of the molecule is COC(=O)c1ccccc1NC(=O)/C(=C/c1ccc([N+](=O)[O-])cc1)c1ccccc1. The van der Waals surface area contributed by atoms with E-state index < -0.39 is 16.8 Å². The Morgan fingerprint density at radius 3 is 2.20 bits per heavy atom. The van der Waals surface area contributed by atoms with E-state index in [2.05, 4.69) is 5.32 Å². The van der Waals surface area contributed by atoms with Crippen molar-refractivity contribution in [1.82, 2.24) is 0 Å². The van der Waals surface area contributed by atoms with E-state index in [1.165, 1.54) is 19.2 Å². The molecule has 150 valence electrons. The van der Waals surface area contributed by atoms with Crippen molar-refractivity contribution in [3.63, 3.8) is 0 Å². The molecule has 1 amide bonds. The van der Waals surface area contributed by atoms with E-state index in [0.29, 0.717) is 22.4 Å². The number of benzene rings is 3. The molecule has 0 saturated carbocycles. The first-order valence-electron chi connectivity index (χ1n) is 9.00. The van der Waals surface area contributed by atoms with Crippen LogP contribution in [0.25, 0.3) is 11.6 Å². The number of anilines is 1. The van der Waals surface area contributed by atoms with Gasteiger partial charge in [0, 0.05) is 17.7 Å². The summed E-state index contributed by atoms with van der Waals surface area (Å²) in [6.07, 6.45) is 1.63. The van der Waals surface area contributed by atoms with Crippen molar-refractivity contribution in [2.75, 3.05) is 12.4 Å². The number of nitrogens with one attached hydrogen (secondary N) is 1. The van der Waals surface area contributed by atoms with E-state index in [0.717, 1.165) is 0 Å². The van der Waals surface area contributed by atoms with Gasteiger partial charge in [-0.3, -0.25) is 14.9 Å². The molecular formula is C23H18N2O5. The highest BCUT2D eigenvalue weighted by molar-refractivity contribution is 6.29. The van der Waals surface area contributed by atoms with E-state index in [-0.39, 0.29) is 11.3 Å². The standard InChI is InChI=1S/C23H18N2O5/c1-30-23(27)19-9-5-6-10-21(19)24-22(26)20(17-7-3-2-4-8-17)15-16-11-13-18(14-12-16)25(28)29/h2-15H,1H3,(H,24,26)/b20-15+. The predicted molar refractivity (Wildman–Crippen MR) is 114 cm³/mol. The molecule has 0 fully saturated rings. The maximum Gasteiger partial charge on any atom is 0.339 e. The average molecular weight is 402 g/mol. The Hall–Kier alpha value is -4.26. The van der Waals surface area contributed by atoms with Crippen LogP contribution in [0, 0.1) is 10.1 Å². The minimum Gasteiger partial charge on any atom is -0.465 e. The zero-order valence-corrected chi connectivity index (χ0v) is 16.1. The van der Waals surface area contributed by atoms with Gasteiger partial charge in [0.2, 0.25) is 0 Å². The topological polar surface area (TPSA) is 98.5 Å². The third-order valence-electron chi connectivity index (χ3n) is 4.32. The number of hydrogen-bond acceptors (Lipinski definition) is 5. The highest BCUT2D eigenvalue weighted by Gasteiger charge is 2.17. The number of ether oxygens (including phenoxy) is 1. The molecule has 7 nitrogen and oxygen atoms in total. The number of amides is 1. The molecule has 0 unspecified atom stereocenters. The smallest absolute Gasteiger partial charge is 0.339 e. The summed E-state index contributed by atoms with van der Waals surface area (Å²) in [6, 6.07) is 21.4. The van der Waals surface area contributed by atoms with Gasteiger partial charge < -0.3 is 10.1 Å². The van der Waals surface area contributed by atoms with Crippen LogP contribution < -0.4 is 5.32 Å². The van der Waals surface area contributed by atoms with Gasteiger partial charge in [0.05, 0.1) is 23.3 Å². The maximum absolute atomic E-state index is 13.1. The molecule has 30 heavy (non-hydrogen) atoms. The zero-order valence-electron chi connectivity index (χ0n) is 16.1. The number of carbonyl (C=O) groups is 2. The van der Waals surface area contributed by atoms with Crippen LogP contribution in [0.1, 0.15) is 21.5 Å². The first kappa shape index (κ1) is 20.5. The van der Waals surface area contributed by atoms with Gasteiger partial charge in [0.25, 0.3) is 11.6 Å².